The van der Waals surface area contributed by atoms with Crippen LogP contribution in [0, 0.1) is 0 Å². The van der Waals surface area contributed by atoms with Gasteiger partial charge in [-0.05, 0) is 129 Å². The van der Waals surface area contributed by atoms with Crippen molar-refractivity contribution in [2.45, 2.75) is 151 Å². The van der Waals surface area contributed by atoms with E-state index in [0.29, 0.717) is 24.2 Å². The minimum absolute atomic E-state index is 0.422. The van der Waals surface area contributed by atoms with Crippen LogP contribution in [-0.2, 0) is 37.4 Å². The van der Waals surface area contributed by atoms with Crippen molar-refractivity contribution in [2.24, 2.45) is 0 Å². The van der Waals surface area contributed by atoms with E-state index >= 15 is 0 Å². The van der Waals surface area contributed by atoms with Crippen molar-refractivity contribution >= 4 is 17.1 Å². The number of nitrogens with zero attached hydrogens (tertiary/aromatic N) is 2. The molecule has 0 saturated heterocycles. The third-order valence-electron chi connectivity index (χ3n) is 8.15. The fraction of sp³-hybridized carbons (Fsp3) is 0.700. The number of benzene rings is 2. The van der Waals surface area contributed by atoms with E-state index in [9.17, 15) is 0 Å². The lowest BCUT2D eigenvalue weighted by atomic mass is 10.0. The molecule has 9 heteroatoms. The fourth-order valence-corrected chi connectivity index (χ4v) is 8.76. The molecule has 0 amide bonds. The lowest BCUT2D eigenvalue weighted by Gasteiger charge is -2.34. The quantitative estimate of drug-likeness (QED) is 0.0747. The van der Waals surface area contributed by atoms with Crippen molar-refractivity contribution in [2.75, 3.05) is 34.5 Å². The van der Waals surface area contributed by atoms with E-state index in [2.05, 4.69) is 108 Å². The van der Waals surface area contributed by atoms with Gasteiger partial charge in [0.15, 0.2) is 0 Å². The minimum Gasteiger partial charge on any atom is -0.497 e. The molecule has 0 spiro atoms. The van der Waals surface area contributed by atoms with Gasteiger partial charge in [0.2, 0.25) is 0 Å². The van der Waals surface area contributed by atoms with Crippen molar-refractivity contribution in [3.05, 3.63) is 65.2 Å². The van der Waals surface area contributed by atoms with Gasteiger partial charge in [0.1, 0.15) is 5.75 Å². The summed E-state index contributed by atoms with van der Waals surface area (Å²) < 4.78 is 33.1. The number of hydrogen-bond donors (Lipinski definition) is 0. The van der Waals surface area contributed by atoms with E-state index in [1.165, 1.54) is 55.2 Å². The van der Waals surface area contributed by atoms with Crippen LogP contribution in [0.5, 0.6) is 5.75 Å². The Morgan fingerprint density at radius 1 is 0.490 bits per heavy atom. The van der Waals surface area contributed by atoms with Gasteiger partial charge >= 0.3 is 0 Å². The van der Waals surface area contributed by atoms with Crippen LogP contribution >= 0.6 is 17.1 Å². The van der Waals surface area contributed by atoms with Crippen molar-refractivity contribution in [1.29, 1.82) is 0 Å². The first-order chi connectivity index (χ1) is 23.5. The molecule has 0 radical (unpaired) electrons. The minimum atomic E-state index is -0.952. The average molecular weight is 723 g/mol. The molecular formula is C40H72N2O5P2. The van der Waals surface area contributed by atoms with Crippen LogP contribution < -0.4 is 4.74 Å². The van der Waals surface area contributed by atoms with Crippen molar-refractivity contribution in [1.82, 2.24) is 9.34 Å². The van der Waals surface area contributed by atoms with E-state index in [-0.39, 0.29) is 0 Å². The molecule has 2 atom stereocenters. The Balaban J connectivity index is 0.000000490. The van der Waals surface area contributed by atoms with Gasteiger partial charge in [-0.15, -0.1) is 0 Å². The SMILES string of the molecule is CCCc1ccc(CCCCCOP(OC)N(C(C)C)C(C)C)cc1.COc1ccc(CCCCCOP(OC)N(C(C)C)C(C)C)cc1. The van der Waals surface area contributed by atoms with Gasteiger partial charge in [0.05, 0.1) is 20.3 Å². The predicted octanol–water partition coefficient (Wildman–Crippen LogP) is 11.8. The summed E-state index contributed by atoms with van der Waals surface area (Å²) in [5.74, 6) is 0.917. The Morgan fingerprint density at radius 3 is 1.14 bits per heavy atom. The van der Waals surface area contributed by atoms with Gasteiger partial charge in [0, 0.05) is 38.4 Å². The van der Waals surface area contributed by atoms with Crippen LogP contribution in [0.4, 0.5) is 0 Å². The molecule has 0 saturated carbocycles. The van der Waals surface area contributed by atoms with E-state index in [1.54, 1.807) is 21.3 Å². The smallest absolute Gasteiger partial charge is 0.258 e. The third kappa shape index (κ3) is 19.3. The molecule has 0 aliphatic carbocycles. The molecule has 2 aromatic carbocycles. The van der Waals surface area contributed by atoms with Crippen molar-refractivity contribution in [3.63, 3.8) is 0 Å². The Bertz CT molecular complexity index is 1040. The summed E-state index contributed by atoms with van der Waals surface area (Å²) in [5.41, 5.74) is 4.26. The monoisotopic (exact) mass is 722 g/mol. The van der Waals surface area contributed by atoms with Crippen LogP contribution in [0.25, 0.3) is 0 Å². The number of rotatable bonds is 25. The summed E-state index contributed by atoms with van der Waals surface area (Å²) in [6.07, 6.45) is 11.6. The zero-order valence-electron chi connectivity index (χ0n) is 33.2. The number of aryl methyl sites for hydroxylation is 3. The second-order valence-corrected chi connectivity index (χ2v) is 16.8. The van der Waals surface area contributed by atoms with Gasteiger partial charge in [-0.3, -0.25) is 0 Å². The maximum absolute atomic E-state index is 6.04. The molecule has 0 heterocycles. The normalized spacial score (nSPS) is 13.1. The second-order valence-electron chi connectivity index (χ2n) is 13.7. The molecule has 0 N–H and O–H groups in total. The van der Waals surface area contributed by atoms with E-state index in [4.69, 9.17) is 22.8 Å². The van der Waals surface area contributed by atoms with Gasteiger partial charge in [-0.1, -0.05) is 62.6 Å². The summed E-state index contributed by atoms with van der Waals surface area (Å²) in [5, 5.41) is 0. The number of unbranched alkanes of at least 4 members (excludes halogenated alkanes) is 4. The molecule has 49 heavy (non-hydrogen) atoms. The molecule has 2 rings (SSSR count). The summed E-state index contributed by atoms with van der Waals surface area (Å²) in [6, 6.07) is 19.2. The van der Waals surface area contributed by atoms with E-state index in [1.807, 2.05) is 12.1 Å². The molecule has 0 aromatic heterocycles. The molecule has 0 aliphatic heterocycles. The maximum atomic E-state index is 6.04. The first kappa shape index (κ1) is 45.9. The summed E-state index contributed by atoms with van der Waals surface area (Å²) in [6.45, 7) is 21.3. The van der Waals surface area contributed by atoms with Crippen LogP contribution in [0.3, 0.4) is 0 Å². The van der Waals surface area contributed by atoms with Crippen LogP contribution in [0.1, 0.15) is 124 Å². The maximum Gasteiger partial charge on any atom is 0.258 e. The Hall–Kier alpha value is -1.14. The Morgan fingerprint density at radius 2 is 0.837 bits per heavy atom. The molecule has 7 nitrogen and oxygen atoms in total. The number of hydrogen-bond acceptors (Lipinski definition) is 7. The van der Waals surface area contributed by atoms with Crippen molar-refractivity contribution < 1.29 is 22.8 Å². The van der Waals surface area contributed by atoms with E-state index in [0.717, 1.165) is 44.6 Å². The van der Waals surface area contributed by atoms with Crippen LogP contribution in [-0.4, -0.2) is 68.1 Å². The zero-order valence-corrected chi connectivity index (χ0v) is 35.0. The molecule has 0 fully saturated rings. The van der Waals surface area contributed by atoms with Gasteiger partial charge < -0.3 is 22.8 Å². The highest BCUT2D eigenvalue weighted by atomic mass is 31.2. The summed E-state index contributed by atoms with van der Waals surface area (Å²) in [4.78, 5) is 0. The zero-order chi connectivity index (χ0) is 36.6. The topological polar surface area (TPSA) is 52.6 Å². The lowest BCUT2D eigenvalue weighted by molar-refractivity contribution is 0.191. The summed E-state index contributed by atoms with van der Waals surface area (Å²) in [7, 11) is 3.31. The van der Waals surface area contributed by atoms with Crippen molar-refractivity contribution in [3.8, 4) is 5.75 Å². The molecule has 2 unspecified atom stereocenters. The standard InChI is InChI=1S/C21H38NO2P.C19H34NO3P/c1-7-11-20-13-15-21(16-14-20)12-9-8-10-17-24-25(23-6)22(18(2)3)19(4)5;1-16(2)20(17(3)4)24(22-6)23-15-9-7-8-10-18-11-13-19(21-5)14-12-18/h13-16,18-19H,7-12,17H2,1-6H3;11-14,16-17H,7-10,15H2,1-6H3. The second kappa shape index (κ2) is 27.5. The highest BCUT2D eigenvalue weighted by Gasteiger charge is 2.26. The Labute approximate surface area is 304 Å². The lowest BCUT2D eigenvalue weighted by Crippen LogP contribution is -2.33. The summed E-state index contributed by atoms with van der Waals surface area (Å²) >= 11 is 0. The predicted molar refractivity (Wildman–Crippen MR) is 213 cm³/mol. The largest absolute Gasteiger partial charge is 0.497 e. The number of methoxy groups -OCH3 is 1. The van der Waals surface area contributed by atoms with Gasteiger partial charge in [-0.25, -0.2) is 9.34 Å². The van der Waals surface area contributed by atoms with Crippen LogP contribution in [0.15, 0.2) is 48.5 Å². The van der Waals surface area contributed by atoms with Gasteiger partial charge in [-0.2, -0.15) is 0 Å². The first-order valence-electron chi connectivity index (χ1n) is 18.7. The van der Waals surface area contributed by atoms with Gasteiger partial charge in [0.25, 0.3) is 17.1 Å². The Kier molecular flexibility index (Phi) is 25.8. The molecule has 2 aromatic rings. The third-order valence-corrected chi connectivity index (χ3v) is 12.2. The average Bonchev–Trinajstić information content (AvgIpc) is 3.07. The van der Waals surface area contributed by atoms with E-state index < -0.39 is 17.1 Å². The molecular weight excluding hydrogens is 650 g/mol. The first-order valence-corrected chi connectivity index (χ1v) is 21.0. The number of ether oxygens (including phenoxy) is 1. The molecule has 0 aliphatic rings. The highest BCUT2D eigenvalue weighted by molar-refractivity contribution is 7.44. The highest BCUT2D eigenvalue weighted by Crippen LogP contribution is 2.46. The molecule has 0 bridgehead atoms. The van der Waals surface area contributed by atoms with Crippen LogP contribution in [0.2, 0.25) is 0 Å². The fourth-order valence-electron chi connectivity index (χ4n) is 5.83. The molecule has 282 valence electrons.